The number of carbonyl (C=O) groups excluding carboxylic acids is 1. The number of aryl methyl sites for hydroxylation is 3. The number of aromatic nitrogens is 4. The summed E-state index contributed by atoms with van der Waals surface area (Å²) in [6, 6.07) is 0. The number of nitrogens with one attached hydrogen (secondary N) is 1. The van der Waals surface area contributed by atoms with Gasteiger partial charge in [-0.15, -0.1) is 11.3 Å². The van der Waals surface area contributed by atoms with Crippen LogP contribution in [0.4, 0.5) is 5.13 Å². The summed E-state index contributed by atoms with van der Waals surface area (Å²) >= 11 is 1.65. The summed E-state index contributed by atoms with van der Waals surface area (Å²) in [5.74, 6) is 0.0295. The first-order valence-corrected chi connectivity index (χ1v) is 8.74. The summed E-state index contributed by atoms with van der Waals surface area (Å²) in [6.07, 6.45) is 11.6. The van der Waals surface area contributed by atoms with E-state index in [1.807, 2.05) is 0 Å². The molecule has 0 saturated carbocycles. The number of amides is 1. The van der Waals surface area contributed by atoms with Crippen LogP contribution in [0.3, 0.4) is 0 Å². The maximum atomic E-state index is 12.0. The molecule has 22 heavy (non-hydrogen) atoms. The molecule has 118 valence electrons. The molecule has 0 spiro atoms. The smallest absolute Gasteiger partial charge is 0.226 e. The molecule has 0 saturated heterocycles. The van der Waals surface area contributed by atoms with E-state index in [1.165, 1.54) is 42.6 Å². The molecule has 0 aromatic carbocycles. The van der Waals surface area contributed by atoms with Gasteiger partial charge in [0.15, 0.2) is 5.13 Å². The Kier molecular flexibility index (Phi) is 5.15. The predicted molar refractivity (Wildman–Crippen MR) is 85.9 cm³/mol. The summed E-state index contributed by atoms with van der Waals surface area (Å²) in [7, 11) is 0. The Labute approximate surface area is 134 Å². The molecule has 0 bridgehead atoms. The highest BCUT2D eigenvalue weighted by molar-refractivity contribution is 7.15. The van der Waals surface area contributed by atoms with Gasteiger partial charge in [-0.05, 0) is 32.1 Å². The summed E-state index contributed by atoms with van der Waals surface area (Å²) in [5.41, 5.74) is 1.20. The summed E-state index contributed by atoms with van der Waals surface area (Å²) < 4.78 is 1.74. The van der Waals surface area contributed by atoms with Crippen LogP contribution in [0.5, 0.6) is 0 Å². The number of rotatable bonds is 5. The predicted octanol–water partition coefficient (Wildman–Crippen LogP) is 2.81. The molecule has 0 aliphatic heterocycles. The quantitative estimate of drug-likeness (QED) is 0.920. The van der Waals surface area contributed by atoms with Crippen molar-refractivity contribution in [2.75, 3.05) is 5.32 Å². The first kappa shape index (κ1) is 15.1. The second-order valence-electron chi connectivity index (χ2n) is 5.61. The SMILES string of the molecule is O=C(CCCn1cncn1)Nc1nc2c(s1)CCCCCC2. The standard InChI is InChI=1S/C15H21N5OS/c21-14(8-5-9-20-11-16-10-17-20)19-15-18-12-6-3-1-2-4-7-13(12)22-15/h10-11H,1-9H2,(H,18,19,21). The molecule has 3 rings (SSSR count). The van der Waals surface area contributed by atoms with Crippen molar-refractivity contribution in [2.24, 2.45) is 0 Å². The minimum absolute atomic E-state index is 0.0295. The Morgan fingerprint density at radius 1 is 1.27 bits per heavy atom. The van der Waals surface area contributed by atoms with Crippen LogP contribution in [0.1, 0.15) is 49.1 Å². The van der Waals surface area contributed by atoms with Gasteiger partial charge in [0.2, 0.25) is 5.91 Å². The lowest BCUT2D eigenvalue weighted by Gasteiger charge is -2.06. The molecule has 2 heterocycles. The topological polar surface area (TPSA) is 72.7 Å². The van der Waals surface area contributed by atoms with Gasteiger partial charge in [0, 0.05) is 17.8 Å². The average molecular weight is 319 g/mol. The third-order valence-corrected chi connectivity index (χ3v) is 4.92. The van der Waals surface area contributed by atoms with Crippen molar-refractivity contribution in [3.05, 3.63) is 23.2 Å². The van der Waals surface area contributed by atoms with E-state index in [0.29, 0.717) is 13.0 Å². The van der Waals surface area contributed by atoms with Crippen LogP contribution >= 0.6 is 11.3 Å². The van der Waals surface area contributed by atoms with Gasteiger partial charge in [0.1, 0.15) is 12.7 Å². The Balaban J connectivity index is 1.49. The molecule has 7 heteroatoms. The van der Waals surface area contributed by atoms with Crippen LogP contribution in [-0.2, 0) is 24.2 Å². The van der Waals surface area contributed by atoms with Crippen molar-refractivity contribution in [1.82, 2.24) is 19.7 Å². The van der Waals surface area contributed by atoms with E-state index < -0.39 is 0 Å². The Morgan fingerprint density at radius 3 is 2.95 bits per heavy atom. The van der Waals surface area contributed by atoms with Crippen molar-refractivity contribution in [3.63, 3.8) is 0 Å². The van der Waals surface area contributed by atoms with Crippen LogP contribution in [0.15, 0.2) is 12.7 Å². The molecule has 0 unspecified atom stereocenters. The maximum Gasteiger partial charge on any atom is 0.226 e. The van der Waals surface area contributed by atoms with Gasteiger partial charge in [-0.1, -0.05) is 12.8 Å². The summed E-state index contributed by atoms with van der Waals surface area (Å²) in [6.45, 7) is 0.710. The summed E-state index contributed by atoms with van der Waals surface area (Å²) in [4.78, 5) is 21.9. The van der Waals surface area contributed by atoms with Crippen LogP contribution in [0, 0.1) is 0 Å². The highest BCUT2D eigenvalue weighted by atomic mass is 32.1. The first-order chi connectivity index (χ1) is 10.8. The monoisotopic (exact) mass is 319 g/mol. The highest BCUT2D eigenvalue weighted by Gasteiger charge is 2.14. The van der Waals surface area contributed by atoms with E-state index in [4.69, 9.17) is 0 Å². The minimum Gasteiger partial charge on any atom is -0.302 e. The lowest BCUT2D eigenvalue weighted by atomic mass is 10.0. The molecule has 0 atom stereocenters. The minimum atomic E-state index is 0.0295. The van der Waals surface area contributed by atoms with E-state index in [1.54, 1.807) is 22.3 Å². The van der Waals surface area contributed by atoms with Crippen molar-refractivity contribution in [3.8, 4) is 0 Å². The van der Waals surface area contributed by atoms with Gasteiger partial charge in [-0.2, -0.15) is 5.10 Å². The Morgan fingerprint density at radius 2 is 2.14 bits per heavy atom. The van der Waals surface area contributed by atoms with E-state index in [0.717, 1.165) is 24.4 Å². The highest BCUT2D eigenvalue weighted by Crippen LogP contribution is 2.28. The van der Waals surface area contributed by atoms with E-state index in [9.17, 15) is 4.79 Å². The second-order valence-corrected chi connectivity index (χ2v) is 6.70. The van der Waals surface area contributed by atoms with Crippen molar-refractivity contribution >= 4 is 22.4 Å². The third-order valence-electron chi connectivity index (χ3n) is 3.85. The van der Waals surface area contributed by atoms with Gasteiger partial charge < -0.3 is 5.32 Å². The first-order valence-electron chi connectivity index (χ1n) is 7.92. The second kappa shape index (κ2) is 7.49. The zero-order valence-corrected chi connectivity index (χ0v) is 13.4. The number of hydrogen-bond donors (Lipinski definition) is 1. The fourth-order valence-electron chi connectivity index (χ4n) is 2.69. The zero-order valence-electron chi connectivity index (χ0n) is 12.6. The number of thiazole rings is 1. The van der Waals surface area contributed by atoms with Crippen molar-refractivity contribution in [1.29, 1.82) is 0 Å². The van der Waals surface area contributed by atoms with Gasteiger partial charge in [-0.3, -0.25) is 9.48 Å². The molecular weight excluding hydrogens is 298 g/mol. The Bertz CT molecular complexity index is 582. The third kappa shape index (κ3) is 4.13. The van der Waals surface area contributed by atoms with Crippen molar-refractivity contribution < 1.29 is 4.79 Å². The molecule has 2 aromatic heterocycles. The maximum absolute atomic E-state index is 12.0. The fourth-order valence-corrected chi connectivity index (χ4v) is 3.76. The molecule has 1 aliphatic carbocycles. The number of carbonyl (C=O) groups is 1. The van der Waals surface area contributed by atoms with E-state index >= 15 is 0 Å². The summed E-state index contributed by atoms with van der Waals surface area (Å²) in [5, 5.41) is 7.73. The lowest BCUT2D eigenvalue weighted by Crippen LogP contribution is -2.12. The largest absolute Gasteiger partial charge is 0.302 e. The molecule has 0 radical (unpaired) electrons. The normalized spacial score (nSPS) is 14.9. The molecule has 1 N–H and O–H groups in total. The van der Waals surface area contributed by atoms with Gasteiger partial charge >= 0.3 is 0 Å². The van der Waals surface area contributed by atoms with Crippen LogP contribution in [0.25, 0.3) is 0 Å². The molecule has 2 aromatic rings. The van der Waals surface area contributed by atoms with Gasteiger partial charge in [0.05, 0.1) is 5.69 Å². The molecule has 1 aliphatic rings. The van der Waals surface area contributed by atoms with Gasteiger partial charge in [0.25, 0.3) is 0 Å². The molecule has 0 fully saturated rings. The molecule has 1 amide bonds. The number of fused-ring (bicyclic) bond motifs is 1. The number of anilines is 1. The van der Waals surface area contributed by atoms with Crippen LogP contribution in [0.2, 0.25) is 0 Å². The number of hydrogen-bond acceptors (Lipinski definition) is 5. The van der Waals surface area contributed by atoms with Crippen LogP contribution in [-0.4, -0.2) is 25.7 Å². The van der Waals surface area contributed by atoms with Crippen LogP contribution < -0.4 is 5.32 Å². The fraction of sp³-hybridized carbons (Fsp3) is 0.600. The average Bonchev–Trinajstić information content (AvgIpc) is 3.10. The lowest BCUT2D eigenvalue weighted by molar-refractivity contribution is -0.116. The van der Waals surface area contributed by atoms with Gasteiger partial charge in [-0.25, -0.2) is 9.97 Å². The zero-order chi connectivity index (χ0) is 15.2. The van der Waals surface area contributed by atoms with E-state index in [2.05, 4.69) is 20.4 Å². The molecular formula is C15H21N5OS. The Hall–Kier alpha value is -1.76. The number of nitrogens with zero attached hydrogens (tertiary/aromatic N) is 4. The van der Waals surface area contributed by atoms with Crippen molar-refractivity contribution in [2.45, 2.75) is 57.9 Å². The molecule has 6 nitrogen and oxygen atoms in total. The van der Waals surface area contributed by atoms with E-state index in [-0.39, 0.29) is 5.91 Å².